The molecule has 2 fully saturated rings. The SMILES string of the molecule is COc1c(OCCN2CCC3(CC2)COC3)ccc2c(=O)n(C)c(NC(=O)c3cnc(N)nc3)cc12. The molecule has 2 aliphatic heterocycles. The van der Waals surface area contributed by atoms with Crippen molar-refractivity contribution in [2.24, 2.45) is 12.5 Å². The summed E-state index contributed by atoms with van der Waals surface area (Å²) in [5, 5.41) is 3.75. The Morgan fingerprint density at radius 1 is 1.19 bits per heavy atom. The first kappa shape index (κ1) is 24.0. The second kappa shape index (κ2) is 9.75. The Balaban J connectivity index is 1.33. The summed E-state index contributed by atoms with van der Waals surface area (Å²) in [6.07, 6.45) is 4.97. The molecule has 4 heterocycles. The Morgan fingerprint density at radius 2 is 1.92 bits per heavy atom. The molecule has 11 heteroatoms. The number of rotatable bonds is 7. The fourth-order valence-electron chi connectivity index (χ4n) is 4.74. The van der Waals surface area contributed by atoms with Crippen molar-refractivity contribution >= 4 is 28.4 Å². The molecule has 3 aromatic rings. The molecule has 36 heavy (non-hydrogen) atoms. The first-order chi connectivity index (χ1) is 17.4. The van der Waals surface area contributed by atoms with Gasteiger partial charge in [-0.25, -0.2) is 9.97 Å². The number of nitrogens with one attached hydrogen (secondary N) is 1. The Morgan fingerprint density at radius 3 is 2.56 bits per heavy atom. The van der Waals surface area contributed by atoms with Crippen LogP contribution in [0, 0.1) is 5.41 Å². The van der Waals surface area contributed by atoms with Crippen LogP contribution in [-0.2, 0) is 11.8 Å². The number of carbonyl (C=O) groups excluding carboxylic acids is 1. The molecule has 5 rings (SSSR count). The van der Waals surface area contributed by atoms with Crippen LogP contribution >= 0.6 is 0 Å². The Hall–Kier alpha value is -3.70. The predicted octanol–water partition coefficient (Wildman–Crippen LogP) is 1.66. The monoisotopic (exact) mass is 494 g/mol. The third-order valence-electron chi connectivity index (χ3n) is 7.12. The highest BCUT2D eigenvalue weighted by atomic mass is 16.5. The lowest BCUT2D eigenvalue weighted by Gasteiger charge is -2.47. The fraction of sp³-hybridized carbons (Fsp3) is 0.440. The highest BCUT2D eigenvalue weighted by molar-refractivity contribution is 6.04. The normalized spacial score (nSPS) is 17.1. The molecule has 1 amide bonds. The molecule has 2 saturated heterocycles. The number of anilines is 2. The maximum atomic E-state index is 13.1. The average Bonchev–Trinajstić information content (AvgIpc) is 2.86. The number of piperidine rings is 1. The number of pyridine rings is 1. The number of amides is 1. The fourth-order valence-corrected chi connectivity index (χ4v) is 4.74. The number of hydrogen-bond donors (Lipinski definition) is 2. The minimum Gasteiger partial charge on any atom is -0.492 e. The van der Waals surface area contributed by atoms with E-state index < -0.39 is 5.91 Å². The van der Waals surface area contributed by atoms with Gasteiger partial charge in [-0.3, -0.25) is 19.1 Å². The summed E-state index contributed by atoms with van der Waals surface area (Å²) < 4.78 is 18.5. The van der Waals surface area contributed by atoms with E-state index in [4.69, 9.17) is 19.9 Å². The number of benzene rings is 1. The maximum absolute atomic E-state index is 13.1. The van der Waals surface area contributed by atoms with Gasteiger partial charge in [0.1, 0.15) is 12.4 Å². The number of carbonyl (C=O) groups is 1. The molecule has 0 aliphatic carbocycles. The number of ether oxygens (including phenoxy) is 3. The summed E-state index contributed by atoms with van der Waals surface area (Å²) in [6.45, 7) is 5.17. The van der Waals surface area contributed by atoms with Crippen LogP contribution in [0.15, 0.2) is 35.4 Å². The largest absolute Gasteiger partial charge is 0.492 e. The van der Waals surface area contributed by atoms with Crippen LogP contribution in [0.3, 0.4) is 0 Å². The Bertz CT molecular complexity index is 1330. The Labute approximate surface area is 208 Å². The van der Waals surface area contributed by atoms with Gasteiger partial charge < -0.3 is 25.3 Å². The number of fused-ring (bicyclic) bond motifs is 1. The number of likely N-dealkylation sites (tertiary alicyclic amines) is 1. The highest BCUT2D eigenvalue weighted by Crippen LogP contribution is 2.38. The average molecular weight is 495 g/mol. The lowest BCUT2D eigenvalue weighted by Crippen LogP contribution is -2.51. The number of nitrogens with two attached hydrogens (primary N) is 1. The van der Waals surface area contributed by atoms with Gasteiger partial charge in [-0.15, -0.1) is 0 Å². The van der Waals surface area contributed by atoms with Gasteiger partial charge >= 0.3 is 0 Å². The summed E-state index contributed by atoms with van der Waals surface area (Å²) in [5.41, 5.74) is 5.84. The van der Waals surface area contributed by atoms with E-state index >= 15 is 0 Å². The number of methoxy groups -OCH3 is 1. The zero-order chi connectivity index (χ0) is 25.3. The molecule has 11 nitrogen and oxygen atoms in total. The number of hydrogen-bond acceptors (Lipinski definition) is 9. The van der Waals surface area contributed by atoms with E-state index in [1.54, 1.807) is 25.2 Å². The standard InChI is InChI=1S/C25H30N6O5/c1-30-20(29-22(32)16-12-27-24(26)28-13-16)11-18-17(23(30)33)3-4-19(21(18)34-2)36-10-9-31-7-5-25(6-8-31)14-35-15-25/h3-4,11-13H,5-10,14-15H2,1-2H3,(H,29,32)(H2,26,27,28). The van der Waals surface area contributed by atoms with Crippen LogP contribution in [0.2, 0.25) is 0 Å². The molecule has 0 bridgehead atoms. The molecule has 2 aromatic heterocycles. The van der Waals surface area contributed by atoms with Gasteiger partial charge in [0.05, 0.1) is 31.3 Å². The van der Waals surface area contributed by atoms with E-state index in [1.807, 2.05) is 0 Å². The first-order valence-corrected chi connectivity index (χ1v) is 11.9. The van der Waals surface area contributed by atoms with E-state index in [9.17, 15) is 9.59 Å². The van der Waals surface area contributed by atoms with Gasteiger partial charge in [0.2, 0.25) is 5.95 Å². The van der Waals surface area contributed by atoms with Crippen molar-refractivity contribution in [2.75, 3.05) is 57.6 Å². The van der Waals surface area contributed by atoms with Gasteiger partial charge in [0, 0.05) is 36.8 Å². The molecule has 190 valence electrons. The lowest BCUT2D eigenvalue weighted by atomic mass is 9.77. The molecular weight excluding hydrogens is 464 g/mol. The van der Waals surface area contributed by atoms with Crippen molar-refractivity contribution in [2.45, 2.75) is 12.8 Å². The molecule has 3 N–H and O–H groups in total. The van der Waals surface area contributed by atoms with Crippen molar-refractivity contribution in [1.82, 2.24) is 19.4 Å². The van der Waals surface area contributed by atoms with Crippen molar-refractivity contribution in [1.29, 1.82) is 0 Å². The van der Waals surface area contributed by atoms with Gasteiger partial charge in [-0.1, -0.05) is 0 Å². The molecule has 2 aliphatic rings. The number of nitrogens with zero attached hydrogens (tertiary/aromatic N) is 4. The molecular formula is C25H30N6O5. The minimum atomic E-state index is -0.465. The van der Waals surface area contributed by atoms with Gasteiger partial charge in [-0.2, -0.15) is 0 Å². The zero-order valence-electron chi connectivity index (χ0n) is 20.5. The zero-order valence-corrected chi connectivity index (χ0v) is 20.5. The van der Waals surface area contributed by atoms with Crippen molar-refractivity contribution < 1.29 is 19.0 Å². The number of aromatic nitrogens is 3. The van der Waals surface area contributed by atoms with Crippen LogP contribution in [0.4, 0.5) is 11.8 Å². The van der Waals surface area contributed by atoms with Crippen LogP contribution in [0.5, 0.6) is 11.5 Å². The highest BCUT2D eigenvalue weighted by Gasteiger charge is 2.40. The first-order valence-electron chi connectivity index (χ1n) is 11.9. The van der Waals surface area contributed by atoms with Gasteiger partial charge in [0.25, 0.3) is 11.5 Å². The third-order valence-corrected chi connectivity index (χ3v) is 7.12. The minimum absolute atomic E-state index is 0.0686. The van der Waals surface area contributed by atoms with E-state index in [2.05, 4.69) is 20.2 Å². The van der Waals surface area contributed by atoms with E-state index in [1.165, 1.54) is 24.1 Å². The van der Waals surface area contributed by atoms with E-state index in [0.29, 0.717) is 40.1 Å². The summed E-state index contributed by atoms with van der Waals surface area (Å²) in [6, 6.07) is 5.17. The maximum Gasteiger partial charge on any atom is 0.259 e. The topological polar surface area (TPSA) is 134 Å². The van der Waals surface area contributed by atoms with Crippen LogP contribution in [0.25, 0.3) is 10.8 Å². The second-order valence-corrected chi connectivity index (χ2v) is 9.42. The van der Waals surface area contributed by atoms with Crippen LogP contribution < -0.4 is 26.1 Å². The van der Waals surface area contributed by atoms with Gasteiger partial charge in [0.15, 0.2) is 11.5 Å². The van der Waals surface area contributed by atoms with Crippen LogP contribution in [-0.4, -0.2) is 71.9 Å². The third kappa shape index (κ3) is 4.59. The lowest BCUT2D eigenvalue weighted by molar-refractivity contribution is -0.139. The smallest absolute Gasteiger partial charge is 0.259 e. The predicted molar refractivity (Wildman–Crippen MR) is 135 cm³/mol. The molecule has 0 unspecified atom stereocenters. The molecule has 1 spiro atoms. The summed E-state index contributed by atoms with van der Waals surface area (Å²) in [7, 11) is 3.13. The molecule has 0 saturated carbocycles. The van der Waals surface area contributed by atoms with Crippen molar-refractivity contribution in [3.05, 3.63) is 46.5 Å². The summed E-state index contributed by atoms with van der Waals surface area (Å²) in [4.78, 5) is 35.8. The summed E-state index contributed by atoms with van der Waals surface area (Å²) in [5.74, 6) is 0.891. The van der Waals surface area contributed by atoms with Crippen molar-refractivity contribution in [3.8, 4) is 11.5 Å². The Kier molecular flexibility index (Phi) is 6.50. The van der Waals surface area contributed by atoms with E-state index in [-0.39, 0.29) is 17.1 Å². The molecule has 0 atom stereocenters. The van der Waals surface area contributed by atoms with Crippen molar-refractivity contribution in [3.63, 3.8) is 0 Å². The molecule has 0 radical (unpaired) electrons. The molecule has 1 aromatic carbocycles. The quantitative estimate of drug-likeness (QED) is 0.503. The number of nitrogen functional groups attached to an aromatic ring is 1. The second-order valence-electron chi connectivity index (χ2n) is 9.42. The van der Waals surface area contributed by atoms with Gasteiger partial charge in [-0.05, 0) is 44.1 Å². The van der Waals surface area contributed by atoms with Crippen LogP contribution in [0.1, 0.15) is 23.2 Å². The van der Waals surface area contributed by atoms with E-state index in [0.717, 1.165) is 45.7 Å². The summed E-state index contributed by atoms with van der Waals surface area (Å²) >= 11 is 0.